The summed E-state index contributed by atoms with van der Waals surface area (Å²) < 4.78 is 0. The first kappa shape index (κ1) is 21.3. The van der Waals surface area contributed by atoms with Crippen LogP contribution in [0.25, 0.3) is 0 Å². The molecule has 1 aromatic carbocycles. The molecule has 1 heterocycles. The first-order chi connectivity index (χ1) is 13.2. The molecule has 1 aromatic rings. The van der Waals surface area contributed by atoms with Gasteiger partial charge in [0, 0.05) is 39.6 Å². The van der Waals surface area contributed by atoms with Crippen molar-refractivity contribution in [1.29, 1.82) is 0 Å². The van der Waals surface area contributed by atoms with Gasteiger partial charge in [-0.2, -0.15) is 0 Å². The van der Waals surface area contributed by atoms with Crippen LogP contribution in [-0.4, -0.2) is 50.0 Å². The number of benzene rings is 1. The molecule has 150 valence electrons. The molecule has 2 N–H and O–H groups in total. The van der Waals surface area contributed by atoms with E-state index in [-0.39, 0.29) is 5.91 Å². The summed E-state index contributed by atoms with van der Waals surface area (Å²) >= 11 is 0. The maximum Gasteiger partial charge on any atom is 0.220 e. The van der Waals surface area contributed by atoms with Crippen LogP contribution in [0.1, 0.15) is 51.0 Å². The molecule has 0 saturated carbocycles. The van der Waals surface area contributed by atoms with E-state index in [4.69, 9.17) is 4.99 Å². The highest BCUT2D eigenvalue weighted by atomic mass is 16.1. The van der Waals surface area contributed by atoms with Gasteiger partial charge in [-0.05, 0) is 50.5 Å². The fourth-order valence-corrected chi connectivity index (χ4v) is 3.59. The normalized spacial score (nSPS) is 15.6. The fraction of sp³-hybridized carbons (Fsp3) is 0.636. The number of likely N-dealkylation sites (tertiary alicyclic amines) is 1. The number of amides is 1. The lowest BCUT2D eigenvalue weighted by Gasteiger charge is -2.34. The van der Waals surface area contributed by atoms with E-state index < -0.39 is 0 Å². The van der Waals surface area contributed by atoms with Gasteiger partial charge in [0.25, 0.3) is 0 Å². The second-order valence-corrected chi connectivity index (χ2v) is 7.34. The van der Waals surface area contributed by atoms with Crippen LogP contribution >= 0.6 is 0 Å². The van der Waals surface area contributed by atoms with Crippen molar-refractivity contribution in [3.05, 3.63) is 35.9 Å². The number of hydrogen-bond donors (Lipinski definition) is 2. The second kappa shape index (κ2) is 12.4. The molecule has 0 radical (unpaired) electrons. The fourth-order valence-electron chi connectivity index (χ4n) is 3.59. The van der Waals surface area contributed by atoms with Crippen LogP contribution in [0.15, 0.2) is 35.3 Å². The van der Waals surface area contributed by atoms with Crippen LogP contribution < -0.4 is 10.6 Å². The molecule has 0 atom stereocenters. The molecule has 0 spiro atoms. The lowest BCUT2D eigenvalue weighted by molar-refractivity contribution is -0.121. The maximum atomic E-state index is 11.6. The number of rotatable bonds is 9. The molecule has 1 fully saturated rings. The van der Waals surface area contributed by atoms with Gasteiger partial charge < -0.3 is 15.5 Å². The average molecular weight is 373 g/mol. The number of guanidine groups is 1. The lowest BCUT2D eigenvalue weighted by atomic mass is 9.93. The van der Waals surface area contributed by atoms with E-state index in [1.54, 1.807) is 7.05 Å². The predicted molar refractivity (Wildman–Crippen MR) is 113 cm³/mol. The van der Waals surface area contributed by atoms with Gasteiger partial charge in [0.1, 0.15) is 0 Å². The molecule has 5 nitrogen and oxygen atoms in total. The number of carbonyl (C=O) groups excluding carboxylic acids is 1. The highest BCUT2D eigenvalue weighted by molar-refractivity contribution is 5.80. The summed E-state index contributed by atoms with van der Waals surface area (Å²) in [6, 6.07) is 10.7. The smallest absolute Gasteiger partial charge is 0.220 e. The van der Waals surface area contributed by atoms with Crippen molar-refractivity contribution < 1.29 is 4.79 Å². The topological polar surface area (TPSA) is 56.7 Å². The van der Waals surface area contributed by atoms with Gasteiger partial charge in [0.05, 0.1) is 0 Å². The first-order valence-corrected chi connectivity index (χ1v) is 10.5. The number of unbranched alkanes of at least 4 members (excludes halogenated alkanes) is 2. The highest BCUT2D eigenvalue weighted by Crippen LogP contribution is 2.20. The van der Waals surface area contributed by atoms with Crippen molar-refractivity contribution in [1.82, 2.24) is 15.5 Å². The predicted octanol–water partition coefficient (Wildman–Crippen LogP) is 3.21. The van der Waals surface area contributed by atoms with Gasteiger partial charge in [0.15, 0.2) is 5.96 Å². The Kier molecular flexibility index (Phi) is 9.74. The van der Waals surface area contributed by atoms with Crippen molar-refractivity contribution in [2.45, 2.75) is 51.9 Å². The molecule has 0 bridgehead atoms. The zero-order valence-corrected chi connectivity index (χ0v) is 17.0. The molecule has 0 aliphatic carbocycles. The SMILES string of the molecule is CCNC(=NCCCCCc1ccccc1)N1CCC(CC(=O)NC)CC1. The number of aryl methyl sites for hydroxylation is 1. The van der Waals surface area contributed by atoms with E-state index in [1.807, 2.05) is 0 Å². The lowest BCUT2D eigenvalue weighted by Crippen LogP contribution is -2.46. The Labute approximate surface area is 164 Å². The summed E-state index contributed by atoms with van der Waals surface area (Å²) in [6.45, 7) is 5.87. The third kappa shape index (κ3) is 8.02. The zero-order chi connectivity index (χ0) is 19.3. The number of nitrogens with zero attached hydrogens (tertiary/aromatic N) is 2. The summed E-state index contributed by atoms with van der Waals surface area (Å²) in [5.74, 6) is 1.70. The molecule has 27 heavy (non-hydrogen) atoms. The van der Waals surface area contributed by atoms with E-state index in [1.165, 1.54) is 18.4 Å². The largest absolute Gasteiger partial charge is 0.359 e. The quantitative estimate of drug-likeness (QED) is 0.398. The van der Waals surface area contributed by atoms with Crippen LogP contribution in [-0.2, 0) is 11.2 Å². The third-order valence-electron chi connectivity index (χ3n) is 5.23. The molecule has 1 aliphatic heterocycles. The molecule has 2 rings (SSSR count). The standard InChI is InChI=1S/C22H36N4O/c1-3-24-22(26-16-13-20(14-17-26)18-21(27)23-2)25-15-9-5-8-12-19-10-6-4-7-11-19/h4,6-7,10-11,20H,3,5,8-9,12-18H2,1-2H3,(H,23,27)(H,24,25). The molecule has 1 saturated heterocycles. The number of aliphatic imine (C=N–C) groups is 1. The molecule has 1 amide bonds. The average Bonchev–Trinajstić information content (AvgIpc) is 2.71. The van der Waals surface area contributed by atoms with Crippen molar-refractivity contribution in [2.75, 3.05) is 33.2 Å². The van der Waals surface area contributed by atoms with Crippen LogP contribution in [0.3, 0.4) is 0 Å². The summed E-state index contributed by atoms with van der Waals surface area (Å²) in [5, 5.41) is 6.17. The first-order valence-electron chi connectivity index (χ1n) is 10.5. The Morgan fingerprint density at radius 1 is 1.15 bits per heavy atom. The maximum absolute atomic E-state index is 11.6. The molecular weight excluding hydrogens is 336 g/mol. The molecular formula is C22H36N4O. The van der Waals surface area contributed by atoms with Crippen LogP contribution in [0.4, 0.5) is 0 Å². The minimum Gasteiger partial charge on any atom is -0.359 e. The summed E-state index contributed by atoms with van der Waals surface area (Å²) in [4.78, 5) is 18.7. The van der Waals surface area contributed by atoms with Crippen LogP contribution in [0.5, 0.6) is 0 Å². The Morgan fingerprint density at radius 3 is 2.56 bits per heavy atom. The summed E-state index contributed by atoms with van der Waals surface area (Å²) in [5.41, 5.74) is 1.42. The van der Waals surface area contributed by atoms with E-state index in [2.05, 4.69) is 52.8 Å². The van der Waals surface area contributed by atoms with Crippen molar-refractivity contribution in [3.63, 3.8) is 0 Å². The third-order valence-corrected chi connectivity index (χ3v) is 5.23. The van der Waals surface area contributed by atoms with E-state index in [0.29, 0.717) is 12.3 Å². The number of hydrogen-bond acceptors (Lipinski definition) is 2. The second-order valence-electron chi connectivity index (χ2n) is 7.34. The van der Waals surface area contributed by atoms with E-state index in [0.717, 1.165) is 57.8 Å². The van der Waals surface area contributed by atoms with Gasteiger partial charge in [-0.25, -0.2) is 0 Å². The Hall–Kier alpha value is -2.04. The van der Waals surface area contributed by atoms with Crippen molar-refractivity contribution in [2.24, 2.45) is 10.9 Å². The number of nitrogens with one attached hydrogen (secondary N) is 2. The molecule has 1 aliphatic rings. The minimum absolute atomic E-state index is 0.157. The number of piperidine rings is 1. The summed E-state index contributed by atoms with van der Waals surface area (Å²) in [7, 11) is 1.72. The van der Waals surface area contributed by atoms with Gasteiger partial charge in [-0.1, -0.05) is 36.8 Å². The Morgan fingerprint density at radius 2 is 1.89 bits per heavy atom. The van der Waals surface area contributed by atoms with E-state index in [9.17, 15) is 4.79 Å². The van der Waals surface area contributed by atoms with E-state index >= 15 is 0 Å². The molecule has 0 aromatic heterocycles. The monoisotopic (exact) mass is 372 g/mol. The highest BCUT2D eigenvalue weighted by Gasteiger charge is 2.22. The Balaban J connectivity index is 1.68. The molecule has 5 heteroatoms. The summed E-state index contributed by atoms with van der Waals surface area (Å²) in [6.07, 6.45) is 7.51. The van der Waals surface area contributed by atoms with Gasteiger partial charge in [-0.15, -0.1) is 0 Å². The Bertz CT molecular complexity index is 565. The zero-order valence-electron chi connectivity index (χ0n) is 17.0. The van der Waals surface area contributed by atoms with Crippen LogP contribution in [0, 0.1) is 5.92 Å². The van der Waals surface area contributed by atoms with Gasteiger partial charge >= 0.3 is 0 Å². The van der Waals surface area contributed by atoms with Crippen molar-refractivity contribution in [3.8, 4) is 0 Å². The number of carbonyl (C=O) groups is 1. The van der Waals surface area contributed by atoms with Crippen LogP contribution in [0.2, 0.25) is 0 Å². The van der Waals surface area contributed by atoms with Gasteiger partial charge in [0.2, 0.25) is 5.91 Å². The van der Waals surface area contributed by atoms with Gasteiger partial charge in [-0.3, -0.25) is 9.79 Å². The van der Waals surface area contributed by atoms with Crippen molar-refractivity contribution >= 4 is 11.9 Å². The minimum atomic E-state index is 0.157. The molecule has 0 unspecified atom stereocenters.